The van der Waals surface area contributed by atoms with Crippen molar-refractivity contribution in [3.05, 3.63) is 65.9 Å². The van der Waals surface area contributed by atoms with Crippen molar-refractivity contribution in [1.29, 1.82) is 0 Å². The van der Waals surface area contributed by atoms with Gasteiger partial charge in [-0.2, -0.15) is 0 Å². The van der Waals surface area contributed by atoms with Gasteiger partial charge < -0.3 is 14.6 Å². The van der Waals surface area contributed by atoms with E-state index in [2.05, 4.69) is 33.6 Å². The maximum Gasteiger partial charge on any atom is 0.221 e. The lowest BCUT2D eigenvalue weighted by atomic mass is 10.0. The summed E-state index contributed by atoms with van der Waals surface area (Å²) >= 11 is 0. The molecule has 4 rings (SSSR count). The fourth-order valence-corrected chi connectivity index (χ4v) is 4.15. The van der Waals surface area contributed by atoms with E-state index < -0.39 is 0 Å². The molecule has 162 valence electrons. The van der Waals surface area contributed by atoms with Crippen molar-refractivity contribution in [3.8, 4) is 17.0 Å². The van der Waals surface area contributed by atoms with Gasteiger partial charge in [-0.3, -0.25) is 9.69 Å². The van der Waals surface area contributed by atoms with Crippen LogP contribution in [0.2, 0.25) is 0 Å². The number of methoxy groups -OCH3 is 1. The summed E-state index contributed by atoms with van der Waals surface area (Å²) in [6.45, 7) is 3.38. The lowest BCUT2D eigenvalue weighted by Gasteiger charge is -2.28. The first-order chi connectivity index (χ1) is 15.1. The first-order valence-electron chi connectivity index (χ1n) is 10.8. The van der Waals surface area contributed by atoms with Crippen LogP contribution in [0.4, 0.5) is 5.69 Å². The molecule has 1 aliphatic heterocycles. The standard InChI is InChI=1S/C25H29N3O3/c1-18(29)26-21-11-7-19(8-12-21)17-28-15-5-3-4-6-24(28)25-16-23(27-31-25)20-9-13-22(30-2)14-10-20/h7-14,16,24H,3-6,15,17H2,1-2H3,(H,26,29)/t24-/m1/s1. The van der Waals surface area contributed by atoms with Crippen LogP contribution < -0.4 is 10.1 Å². The summed E-state index contributed by atoms with van der Waals surface area (Å²) in [6.07, 6.45) is 4.65. The molecule has 0 unspecified atom stereocenters. The van der Waals surface area contributed by atoms with Gasteiger partial charge in [0, 0.05) is 30.8 Å². The van der Waals surface area contributed by atoms with Crippen LogP contribution >= 0.6 is 0 Å². The zero-order valence-corrected chi connectivity index (χ0v) is 18.1. The topological polar surface area (TPSA) is 67.6 Å². The second-order valence-corrected chi connectivity index (χ2v) is 8.06. The van der Waals surface area contributed by atoms with E-state index in [9.17, 15) is 4.79 Å². The Morgan fingerprint density at radius 1 is 1.13 bits per heavy atom. The molecule has 2 heterocycles. The number of hydrogen-bond acceptors (Lipinski definition) is 5. The second-order valence-electron chi connectivity index (χ2n) is 8.06. The first kappa shape index (κ1) is 21.1. The maximum absolute atomic E-state index is 11.2. The van der Waals surface area contributed by atoms with Gasteiger partial charge in [0.2, 0.25) is 5.91 Å². The van der Waals surface area contributed by atoms with Crippen molar-refractivity contribution < 1.29 is 14.1 Å². The Labute approximate surface area is 183 Å². The summed E-state index contributed by atoms with van der Waals surface area (Å²) in [6, 6.07) is 18.2. The third-order valence-corrected chi connectivity index (χ3v) is 5.77. The number of hydrogen-bond donors (Lipinski definition) is 1. The van der Waals surface area contributed by atoms with Crippen LogP contribution in [-0.2, 0) is 11.3 Å². The fraction of sp³-hybridized carbons (Fsp3) is 0.360. The molecular formula is C25H29N3O3. The van der Waals surface area contributed by atoms with E-state index in [-0.39, 0.29) is 11.9 Å². The number of ether oxygens (including phenoxy) is 1. The monoisotopic (exact) mass is 419 g/mol. The van der Waals surface area contributed by atoms with E-state index in [4.69, 9.17) is 9.26 Å². The van der Waals surface area contributed by atoms with Crippen molar-refractivity contribution in [2.24, 2.45) is 0 Å². The second kappa shape index (κ2) is 9.79. The third kappa shape index (κ3) is 5.33. The Hall–Kier alpha value is -3.12. The van der Waals surface area contributed by atoms with Gasteiger partial charge >= 0.3 is 0 Å². The van der Waals surface area contributed by atoms with E-state index in [1.54, 1.807) is 7.11 Å². The van der Waals surface area contributed by atoms with Crippen LogP contribution in [0.3, 0.4) is 0 Å². The number of carbonyl (C=O) groups is 1. The smallest absolute Gasteiger partial charge is 0.221 e. The number of anilines is 1. The van der Waals surface area contributed by atoms with Crippen LogP contribution in [-0.4, -0.2) is 29.6 Å². The van der Waals surface area contributed by atoms with Gasteiger partial charge in [-0.05, 0) is 61.3 Å². The number of amides is 1. The number of likely N-dealkylation sites (tertiary alicyclic amines) is 1. The molecule has 1 amide bonds. The quantitative estimate of drug-likeness (QED) is 0.577. The van der Waals surface area contributed by atoms with E-state index in [0.717, 1.165) is 48.0 Å². The van der Waals surface area contributed by atoms with Gasteiger partial charge in [0.25, 0.3) is 0 Å². The van der Waals surface area contributed by atoms with E-state index in [1.165, 1.54) is 31.7 Å². The minimum atomic E-state index is -0.0571. The van der Waals surface area contributed by atoms with Crippen molar-refractivity contribution in [3.63, 3.8) is 0 Å². The highest BCUT2D eigenvalue weighted by Crippen LogP contribution is 2.34. The average Bonchev–Trinajstić information content (AvgIpc) is 3.15. The molecule has 6 nitrogen and oxygen atoms in total. The van der Waals surface area contributed by atoms with Crippen LogP contribution in [0.5, 0.6) is 5.75 Å². The molecule has 3 aromatic rings. The van der Waals surface area contributed by atoms with Gasteiger partial charge in [-0.25, -0.2) is 0 Å². The van der Waals surface area contributed by atoms with Crippen molar-refractivity contribution in [2.45, 2.75) is 45.2 Å². The molecule has 1 atom stereocenters. The Kier molecular flexibility index (Phi) is 6.67. The Bertz CT molecular complexity index is 996. The molecule has 1 saturated heterocycles. The SMILES string of the molecule is COc1ccc(-c2cc([C@H]3CCCCCN3Cc3ccc(NC(C)=O)cc3)on2)cc1. The van der Waals surface area contributed by atoms with Crippen LogP contribution in [0, 0.1) is 0 Å². The van der Waals surface area contributed by atoms with Gasteiger partial charge in [-0.15, -0.1) is 0 Å². The van der Waals surface area contributed by atoms with Crippen LogP contribution in [0.25, 0.3) is 11.3 Å². The molecule has 2 aromatic carbocycles. The molecule has 0 spiro atoms. The number of carbonyl (C=O) groups excluding carboxylic acids is 1. The Morgan fingerprint density at radius 3 is 2.61 bits per heavy atom. The van der Waals surface area contributed by atoms with Gasteiger partial charge in [0.05, 0.1) is 13.2 Å². The lowest BCUT2D eigenvalue weighted by Crippen LogP contribution is -2.28. The molecule has 1 aliphatic rings. The molecule has 31 heavy (non-hydrogen) atoms. The molecule has 1 fully saturated rings. The van der Waals surface area contributed by atoms with Gasteiger partial charge in [0.1, 0.15) is 11.4 Å². The zero-order chi connectivity index (χ0) is 21.6. The molecule has 1 N–H and O–H groups in total. The number of nitrogens with zero attached hydrogens (tertiary/aromatic N) is 2. The molecule has 0 bridgehead atoms. The van der Waals surface area contributed by atoms with E-state index in [0.29, 0.717) is 0 Å². The highest BCUT2D eigenvalue weighted by Gasteiger charge is 2.26. The normalized spacial score (nSPS) is 17.2. The number of aromatic nitrogens is 1. The highest BCUT2D eigenvalue weighted by atomic mass is 16.5. The minimum absolute atomic E-state index is 0.0571. The summed E-state index contributed by atoms with van der Waals surface area (Å²) in [5.41, 5.74) is 3.91. The maximum atomic E-state index is 11.2. The van der Waals surface area contributed by atoms with E-state index in [1.807, 2.05) is 36.4 Å². The summed E-state index contributed by atoms with van der Waals surface area (Å²) in [4.78, 5) is 13.7. The Balaban J connectivity index is 1.51. The van der Waals surface area contributed by atoms with Crippen molar-refractivity contribution in [2.75, 3.05) is 19.0 Å². The molecule has 6 heteroatoms. The summed E-state index contributed by atoms with van der Waals surface area (Å²) < 4.78 is 11.1. The third-order valence-electron chi connectivity index (χ3n) is 5.77. The lowest BCUT2D eigenvalue weighted by molar-refractivity contribution is -0.114. The minimum Gasteiger partial charge on any atom is -0.497 e. The highest BCUT2D eigenvalue weighted by molar-refractivity contribution is 5.88. The number of benzene rings is 2. The average molecular weight is 420 g/mol. The predicted octanol–water partition coefficient (Wildman–Crippen LogP) is 5.43. The Morgan fingerprint density at radius 2 is 1.90 bits per heavy atom. The van der Waals surface area contributed by atoms with Gasteiger partial charge in [-0.1, -0.05) is 30.1 Å². The molecule has 1 aromatic heterocycles. The van der Waals surface area contributed by atoms with Crippen LogP contribution in [0.15, 0.2) is 59.1 Å². The van der Waals surface area contributed by atoms with Crippen LogP contribution in [0.1, 0.15) is 50.0 Å². The first-order valence-corrected chi connectivity index (χ1v) is 10.8. The molecule has 0 aliphatic carbocycles. The largest absolute Gasteiger partial charge is 0.497 e. The van der Waals surface area contributed by atoms with Gasteiger partial charge in [0.15, 0.2) is 5.76 Å². The van der Waals surface area contributed by atoms with E-state index >= 15 is 0 Å². The number of rotatable bonds is 6. The molecule has 0 radical (unpaired) electrons. The zero-order valence-electron chi connectivity index (χ0n) is 18.1. The van der Waals surface area contributed by atoms with Crippen molar-refractivity contribution in [1.82, 2.24) is 10.1 Å². The summed E-state index contributed by atoms with van der Waals surface area (Å²) in [5.74, 6) is 1.69. The summed E-state index contributed by atoms with van der Waals surface area (Å²) in [7, 11) is 1.66. The fourth-order valence-electron chi connectivity index (χ4n) is 4.15. The molecular weight excluding hydrogens is 390 g/mol. The van der Waals surface area contributed by atoms with Crippen molar-refractivity contribution >= 4 is 11.6 Å². The summed E-state index contributed by atoms with van der Waals surface area (Å²) in [5, 5.41) is 7.17. The number of nitrogens with one attached hydrogen (secondary N) is 1. The predicted molar refractivity (Wildman–Crippen MR) is 121 cm³/mol. The molecule has 0 saturated carbocycles.